The first kappa shape index (κ1) is 24.5. The molecule has 0 aliphatic carbocycles. The van der Waals surface area contributed by atoms with Gasteiger partial charge in [0.2, 0.25) is 11.8 Å². The van der Waals surface area contributed by atoms with Crippen molar-refractivity contribution in [3.63, 3.8) is 0 Å². The summed E-state index contributed by atoms with van der Waals surface area (Å²) in [5, 5.41) is 16.9. The summed E-state index contributed by atoms with van der Waals surface area (Å²) in [6.45, 7) is 8.36. The molecule has 0 fully saturated rings. The zero-order valence-corrected chi connectivity index (χ0v) is 18.4. The number of nitrogens with zero attached hydrogens (tertiary/aromatic N) is 1. The molecule has 0 aliphatic rings. The molecule has 2 aromatic rings. The Morgan fingerprint density at radius 1 is 1.06 bits per heavy atom. The first-order chi connectivity index (χ1) is 15.5. The van der Waals surface area contributed by atoms with Crippen molar-refractivity contribution in [3.8, 4) is 17.2 Å². The van der Waals surface area contributed by atoms with Crippen molar-refractivity contribution in [2.45, 2.75) is 33.1 Å². The number of hydrogen-bond acceptors (Lipinski definition) is 6. The maximum Gasteiger partial charge on any atom is 0.240 e. The Hall–Kier alpha value is -3.81. The molecule has 0 saturated heterocycles. The number of rotatable bonds is 12. The molecule has 3 N–H and O–H groups in total. The van der Waals surface area contributed by atoms with Gasteiger partial charge in [0.1, 0.15) is 5.75 Å². The quantitative estimate of drug-likeness (QED) is 0.265. The Labute approximate surface area is 187 Å². The summed E-state index contributed by atoms with van der Waals surface area (Å²) < 4.78 is 10.8. The molecule has 2 amide bonds. The minimum absolute atomic E-state index is 0.0122. The van der Waals surface area contributed by atoms with Gasteiger partial charge >= 0.3 is 0 Å². The monoisotopic (exact) mass is 439 g/mol. The standard InChI is InChI=1S/C24H29N3O5/c1-4-7-18-14-17(15-21(24(18)30)32-6-3)16-25-27-23(29)13-12-22(28)26-19-8-10-20(11-9-19)31-5-2/h4,8-11,14-16,30H,1,5-7,12-13H2,2-3H3,(H,26,28)(H,27,29). The molecule has 0 radical (unpaired) electrons. The number of phenolic OH excluding ortho intramolecular Hbond substituents is 1. The van der Waals surface area contributed by atoms with E-state index in [0.717, 1.165) is 5.75 Å². The van der Waals surface area contributed by atoms with Crippen LogP contribution in [0.3, 0.4) is 0 Å². The van der Waals surface area contributed by atoms with Crippen LogP contribution in [0.1, 0.15) is 37.8 Å². The average molecular weight is 440 g/mol. The molecule has 2 aromatic carbocycles. The lowest BCUT2D eigenvalue weighted by molar-refractivity contribution is -0.124. The number of ether oxygens (including phenoxy) is 2. The third-order valence-electron chi connectivity index (χ3n) is 4.27. The topological polar surface area (TPSA) is 109 Å². The van der Waals surface area contributed by atoms with Crippen molar-refractivity contribution in [1.82, 2.24) is 5.43 Å². The number of carbonyl (C=O) groups is 2. The maximum atomic E-state index is 12.0. The van der Waals surface area contributed by atoms with Gasteiger partial charge in [-0.2, -0.15) is 5.10 Å². The highest BCUT2D eigenvalue weighted by Gasteiger charge is 2.10. The summed E-state index contributed by atoms with van der Waals surface area (Å²) in [4.78, 5) is 24.0. The number of allylic oxidation sites excluding steroid dienone is 1. The number of nitrogens with one attached hydrogen (secondary N) is 2. The number of benzene rings is 2. The van der Waals surface area contributed by atoms with Crippen molar-refractivity contribution in [3.05, 3.63) is 60.2 Å². The molecule has 170 valence electrons. The minimum Gasteiger partial charge on any atom is -0.504 e. The van der Waals surface area contributed by atoms with Gasteiger partial charge in [-0.15, -0.1) is 6.58 Å². The SMILES string of the molecule is C=CCc1cc(C=NNC(=O)CCC(=O)Nc2ccc(OCC)cc2)cc(OCC)c1O. The summed E-state index contributed by atoms with van der Waals surface area (Å²) in [6, 6.07) is 10.4. The third-order valence-corrected chi connectivity index (χ3v) is 4.27. The van der Waals surface area contributed by atoms with E-state index in [-0.39, 0.29) is 24.5 Å². The van der Waals surface area contributed by atoms with Crippen LogP contribution in [0.15, 0.2) is 54.2 Å². The smallest absolute Gasteiger partial charge is 0.240 e. The van der Waals surface area contributed by atoms with Crippen molar-refractivity contribution < 1.29 is 24.2 Å². The molecule has 0 atom stereocenters. The van der Waals surface area contributed by atoms with E-state index >= 15 is 0 Å². The Morgan fingerprint density at radius 2 is 1.75 bits per heavy atom. The van der Waals surface area contributed by atoms with Crippen LogP contribution in [0.5, 0.6) is 17.2 Å². The second-order valence-electron chi connectivity index (χ2n) is 6.75. The molecule has 0 heterocycles. The average Bonchev–Trinajstić information content (AvgIpc) is 2.77. The Balaban J connectivity index is 1.85. The number of aromatic hydroxyl groups is 1. The van der Waals surface area contributed by atoms with Crippen LogP contribution in [-0.4, -0.2) is 36.3 Å². The highest BCUT2D eigenvalue weighted by atomic mass is 16.5. The van der Waals surface area contributed by atoms with Gasteiger partial charge in [-0.1, -0.05) is 6.08 Å². The first-order valence-electron chi connectivity index (χ1n) is 10.4. The number of amides is 2. The van der Waals surface area contributed by atoms with E-state index in [0.29, 0.717) is 42.2 Å². The van der Waals surface area contributed by atoms with Crippen molar-refractivity contribution in [2.24, 2.45) is 5.10 Å². The fourth-order valence-electron chi connectivity index (χ4n) is 2.83. The van der Waals surface area contributed by atoms with E-state index in [4.69, 9.17) is 9.47 Å². The molecular weight excluding hydrogens is 410 g/mol. The lowest BCUT2D eigenvalue weighted by Crippen LogP contribution is -2.20. The lowest BCUT2D eigenvalue weighted by Gasteiger charge is -2.10. The molecule has 0 bridgehead atoms. The number of carbonyl (C=O) groups excluding carboxylic acids is 2. The Bertz CT molecular complexity index is 955. The predicted octanol–water partition coefficient (Wildman–Crippen LogP) is 3.79. The Kier molecular flexibility index (Phi) is 9.77. The fraction of sp³-hybridized carbons (Fsp3) is 0.292. The van der Waals surface area contributed by atoms with E-state index in [1.165, 1.54) is 6.21 Å². The summed E-state index contributed by atoms with van der Waals surface area (Å²) in [5.74, 6) is 0.457. The van der Waals surface area contributed by atoms with Crippen LogP contribution in [0.4, 0.5) is 5.69 Å². The lowest BCUT2D eigenvalue weighted by atomic mass is 10.1. The summed E-state index contributed by atoms with van der Waals surface area (Å²) in [7, 11) is 0. The molecular formula is C24H29N3O5. The zero-order valence-electron chi connectivity index (χ0n) is 18.4. The van der Waals surface area contributed by atoms with Crippen LogP contribution in [0.2, 0.25) is 0 Å². The summed E-state index contributed by atoms with van der Waals surface area (Å²) >= 11 is 0. The van der Waals surface area contributed by atoms with Gasteiger partial charge < -0.3 is 19.9 Å². The highest BCUT2D eigenvalue weighted by molar-refractivity contribution is 5.93. The van der Waals surface area contributed by atoms with Crippen molar-refractivity contribution in [2.75, 3.05) is 18.5 Å². The largest absolute Gasteiger partial charge is 0.504 e. The molecule has 0 aliphatic heterocycles. The van der Waals surface area contributed by atoms with Crippen molar-refractivity contribution in [1.29, 1.82) is 0 Å². The predicted molar refractivity (Wildman–Crippen MR) is 124 cm³/mol. The first-order valence-corrected chi connectivity index (χ1v) is 10.4. The van der Waals surface area contributed by atoms with E-state index in [1.54, 1.807) is 42.5 Å². The zero-order chi connectivity index (χ0) is 23.3. The van der Waals surface area contributed by atoms with Crippen LogP contribution < -0.4 is 20.2 Å². The van der Waals surface area contributed by atoms with Gasteiger partial charge in [0.05, 0.1) is 19.4 Å². The molecule has 0 spiro atoms. The summed E-state index contributed by atoms with van der Waals surface area (Å²) in [6.07, 6.45) is 3.59. The number of hydrazone groups is 1. The van der Waals surface area contributed by atoms with Gasteiger partial charge in [0, 0.05) is 24.1 Å². The summed E-state index contributed by atoms with van der Waals surface area (Å²) in [5.41, 5.74) is 4.32. The molecule has 8 nitrogen and oxygen atoms in total. The molecule has 2 rings (SSSR count). The normalized spacial score (nSPS) is 10.6. The van der Waals surface area contributed by atoms with Crippen LogP contribution in [0.25, 0.3) is 0 Å². The molecule has 0 aromatic heterocycles. The fourth-order valence-corrected chi connectivity index (χ4v) is 2.83. The molecule has 0 unspecified atom stereocenters. The highest BCUT2D eigenvalue weighted by Crippen LogP contribution is 2.31. The third kappa shape index (κ3) is 7.79. The van der Waals surface area contributed by atoms with E-state index < -0.39 is 5.91 Å². The maximum absolute atomic E-state index is 12.0. The second kappa shape index (κ2) is 12.8. The van der Waals surface area contributed by atoms with Gasteiger partial charge in [-0.3, -0.25) is 9.59 Å². The van der Waals surface area contributed by atoms with Gasteiger partial charge in [0.15, 0.2) is 11.5 Å². The van der Waals surface area contributed by atoms with E-state index in [1.807, 2.05) is 13.8 Å². The number of anilines is 1. The Morgan fingerprint density at radius 3 is 2.41 bits per heavy atom. The molecule has 0 saturated carbocycles. The second-order valence-corrected chi connectivity index (χ2v) is 6.75. The molecule has 32 heavy (non-hydrogen) atoms. The minimum atomic E-state index is -0.391. The molecule has 8 heteroatoms. The van der Waals surface area contributed by atoms with Crippen LogP contribution in [-0.2, 0) is 16.0 Å². The van der Waals surface area contributed by atoms with Crippen molar-refractivity contribution >= 4 is 23.7 Å². The van der Waals surface area contributed by atoms with E-state index in [9.17, 15) is 14.7 Å². The van der Waals surface area contributed by atoms with Crippen LogP contribution in [0, 0.1) is 0 Å². The van der Waals surface area contributed by atoms with Gasteiger partial charge in [0.25, 0.3) is 0 Å². The van der Waals surface area contributed by atoms with Gasteiger partial charge in [-0.25, -0.2) is 5.43 Å². The van der Waals surface area contributed by atoms with Crippen LogP contribution >= 0.6 is 0 Å². The number of hydrogen-bond donors (Lipinski definition) is 3. The van der Waals surface area contributed by atoms with E-state index in [2.05, 4.69) is 22.4 Å². The van der Waals surface area contributed by atoms with Gasteiger partial charge in [-0.05, 0) is 62.2 Å². The number of phenols is 1.